The second-order valence-electron chi connectivity index (χ2n) is 5.85. The molecule has 0 saturated carbocycles. The molecular weight excluding hydrogens is 220 g/mol. The Balaban J connectivity index is 2.54. The van der Waals surface area contributed by atoms with E-state index in [2.05, 4.69) is 58.0 Å². The van der Waals surface area contributed by atoms with Crippen LogP contribution in [0.5, 0.6) is 5.75 Å². The van der Waals surface area contributed by atoms with E-state index in [1.54, 1.807) is 6.07 Å². The average Bonchev–Trinajstić information content (AvgIpc) is 2.28. The van der Waals surface area contributed by atoms with Crippen LogP contribution in [0.25, 0.3) is 11.1 Å². The molecule has 0 fully saturated rings. The first-order chi connectivity index (χ1) is 8.38. The van der Waals surface area contributed by atoms with Gasteiger partial charge in [-0.1, -0.05) is 56.7 Å². The van der Waals surface area contributed by atoms with Gasteiger partial charge in [-0.25, -0.2) is 0 Å². The fourth-order valence-electron chi connectivity index (χ4n) is 2.14. The van der Waals surface area contributed by atoms with E-state index in [0.717, 1.165) is 11.1 Å². The Morgan fingerprint density at radius 1 is 0.889 bits per heavy atom. The predicted octanol–water partition coefficient (Wildman–Crippen LogP) is 4.67. The van der Waals surface area contributed by atoms with Crippen LogP contribution in [-0.4, -0.2) is 5.11 Å². The van der Waals surface area contributed by atoms with Gasteiger partial charge in [0.1, 0.15) is 5.75 Å². The molecule has 2 rings (SSSR count). The topological polar surface area (TPSA) is 20.2 Å². The molecule has 0 bridgehead atoms. The number of aryl methyl sites for hydroxylation is 1. The monoisotopic (exact) mass is 240 g/mol. The summed E-state index contributed by atoms with van der Waals surface area (Å²) in [5.41, 5.74) is 4.53. The van der Waals surface area contributed by atoms with E-state index < -0.39 is 0 Å². The SMILES string of the molecule is Cc1cccc(-c2ccc(O)c(C(C)(C)C)c2)c1. The van der Waals surface area contributed by atoms with E-state index in [4.69, 9.17) is 0 Å². The van der Waals surface area contributed by atoms with E-state index in [9.17, 15) is 5.11 Å². The molecule has 0 radical (unpaired) electrons. The highest BCUT2D eigenvalue weighted by molar-refractivity contribution is 5.66. The molecule has 1 nitrogen and oxygen atoms in total. The summed E-state index contributed by atoms with van der Waals surface area (Å²) < 4.78 is 0. The number of benzene rings is 2. The maximum absolute atomic E-state index is 9.97. The van der Waals surface area contributed by atoms with Gasteiger partial charge in [-0.2, -0.15) is 0 Å². The van der Waals surface area contributed by atoms with Crippen molar-refractivity contribution in [1.82, 2.24) is 0 Å². The quantitative estimate of drug-likeness (QED) is 0.768. The van der Waals surface area contributed by atoms with Gasteiger partial charge in [-0.3, -0.25) is 0 Å². The van der Waals surface area contributed by atoms with E-state index in [0.29, 0.717) is 5.75 Å². The highest BCUT2D eigenvalue weighted by Crippen LogP contribution is 2.34. The molecule has 2 aromatic rings. The molecule has 0 heterocycles. The van der Waals surface area contributed by atoms with Gasteiger partial charge in [-0.05, 0) is 41.2 Å². The van der Waals surface area contributed by atoms with E-state index in [1.807, 2.05) is 6.07 Å². The average molecular weight is 240 g/mol. The molecule has 0 atom stereocenters. The molecule has 0 spiro atoms. The number of hydrogen-bond donors (Lipinski definition) is 1. The number of rotatable bonds is 1. The molecule has 1 N–H and O–H groups in total. The zero-order valence-electron chi connectivity index (χ0n) is 11.5. The van der Waals surface area contributed by atoms with Crippen molar-refractivity contribution in [2.75, 3.05) is 0 Å². The summed E-state index contributed by atoms with van der Waals surface area (Å²) in [7, 11) is 0. The Morgan fingerprint density at radius 3 is 2.17 bits per heavy atom. The molecule has 0 aliphatic heterocycles. The molecule has 0 aliphatic rings. The van der Waals surface area contributed by atoms with Crippen LogP contribution in [0.3, 0.4) is 0 Å². The lowest BCUT2D eigenvalue weighted by atomic mass is 9.84. The summed E-state index contributed by atoms with van der Waals surface area (Å²) in [4.78, 5) is 0. The molecule has 0 aromatic heterocycles. The molecule has 2 aromatic carbocycles. The third-order valence-electron chi connectivity index (χ3n) is 3.16. The van der Waals surface area contributed by atoms with Crippen molar-refractivity contribution in [3.63, 3.8) is 0 Å². The zero-order chi connectivity index (χ0) is 13.3. The Bertz CT molecular complexity index is 562. The summed E-state index contributed by atoms with van der Waals surface area (Å²) in [6, 6.07) is 14.3. The Morgan fingerprint density at radius 2 is 1.56 bits per heavy atom. The minimum absolute atomic E-state index is 0.0517. The minimum atomic E-state index is -0.0517. The van der Waals surface area contributed by atoms with Crippen LogP contribution in [0.4, 0.5) is 0 Å². The van der Waals surface area contributed by atoms with Gasteiger partial charge >= 0.3 is 0 Å². The second kappa shape index (κ2) is 4.49. The van der Waals surface area contributed by atoms with Crippen LogP contribution in [-0.2, 0) is 5.41 Å². The standard InChI is InChI=1S/C17H20O/c1-12-6-5-7-13(10-12)14-8-9-16(18)15(11-14)17(2,3)4/h5-11,18H,1-4H3. The van der Waals surface area contributed by atoms with Crippen LogP contribution in [0.15, 0.2) is 42.5 Å². The molecule has 18 heavy (non-hydrogen) atoms. The van der Waals surface area contributed by atoms with E-state index >= 15 is 0 Å². The van der Waals surface area contributed by atoms with Crippen molar-refractivity contribution in [3.05, 3.63) is 53.6 Å². The first kappa shape index (κ1) is 12.7. The molecule has 0 saturated heterocycles. The Labute approximate surface area is 109 Å². The fraction of sp³-hybridized carbons (Fsp3) is 0.294. The van der Waals surface area contributed by atoms with Crippen molar-refractivity contribution in [1.29, 1.82) is 0 Å². The van der Waals surface area contributed by atoms with Crippen LogP contribution >= 0.6 is 0 Å². The summed E-state index contributed by atoms with van der Waals surface area (Å²) in [5, 5.41) is 9.97. The molecule has 1 heteroatoms. The maximum atomic E-state index is 9.97. The van der Waals surface area contributed by atoms with Gasteiger partial charge in [0.15, 0.2) is 0 Å². The highest BCUT2D eigenvalue weighted by Gasteiger charge is 2.18. The minimum Gasteiger partial charge on any atom is -0.508 e. The molecule has 0 unspecified atom stereocenters. The number of phenolic OH excluding ortho intramolecular Hbond substituents is 1. The molecular formula is C17H20O. The number of phenols is 1. The zero-order valence-corrected chi connectivity index (χ0v) is 11.5. The Hall–Kier alpha value is -1.76. The van der Waals surface area contributed by atoms with Crippen LogP contribution in [0.1, 0.15) is 31.9 Å². The van der Waals surface area contributed by atoms with Crippen molar-refractivity contribution >= 4 is 0 Å². The van der Waals surface area contributed by atoms with Crippen molar-refractivity contribution < 1.29 is 5.11 Å². The summed E-state index contributed by atoms with van der Waals surface area (Å²) in [6.45, 7) is 8.43. The van der Waals surface area contributed by atoms with Gasteiger partial charge in [0.25, 0.3) is 0 Å². The van der Waals surface area contributed by atoms with Crippen molar-refractivity contribution in [2.24, 2.45) is 0 Å². The van der Waals surface area contributed by atoms with E-state index in [-0.39, 0.29) is 5.41 Å². The van der Waals surface area contributed by atoms with Gasteiger partial charge in [0.2, 0.25) is 0 Å². The molecule has 0 amide bonds. The van der Waals surface area contributed by atoms with Crippen LogP contribution in [0, 0.1) is 6.92 Å². The summed E-state index contributed by atoms with van der Waals surface area (Å²) in [6.07, 6.45) is 0. The van der Waals surface area contributed by atoms with Gasteiger partial charge in [0.05, 0.1) is 0 Å². The van der Waals surface area contributed by atoms with Crippen LogP contribution in [0.2, 0.25) is 0 Å². The third-order valence-corrected chi connectivity index (χ3v) is 3.16. The van der Waals surface area contributed by atoms with Crippen molar-refractivity contribution in [2.45, 2.75) is 33.1 Å². The van der Waals surface area contributed by atoms with E-state index in [1.165, 1.54) is 11.1 Å². The molecule has 0 aliphatic carbocycles. The maximum Gasteiger partial charge on any atom is 0.119 e. The summed E-state index contributed by atoms with van der Waals surface area (Å²) in [5.74, 6) is 0.374. The largest absolute Gasteiger partial charge is 0.508 e. The first-order valence-corrected chi connectivity index (χ1v) is 6.28. The number of aromatic hydroxyl groups is 1. The predicted molar refractivity (Wildman–Crippen MR) is 77.0 cm³/mol. The summed E-state index contributed by atoms with van der Waals surface area (Å²) >= 11 is 0. The smallest absolute Gasteiger partial charge is 0.119 e. The number of hydrogen-bond acceptors (Lipinski definition) is 1. The fourth-order valence-corrected chi connectivity index (χ4v) is 2.14. The normalized spacial score (nSPS) is 11.6. The lowest BCUT2D eigenvalue weighted by Crippen LogP contribution is -2.11. The van der Waals surface area contributed by atoms with Crippen LogP contribution < -0.4 is 0 Å². The first-order valence-electron chi connectivity index (χ1n) is 6.28. The lowest BCUT2D eigenvalue weighted by molar-refractivity contribution is 0.447. The highest BCUT2D eigenvalue weighted by atomic mass is 16.3. The molecule has 94 valence electrons. The third kappa shape index (κ3) is 2.56. The second-order valence-corrected chi connectivity index (χ2v) is 5.85. The van der Waals surface area contributed by atoms with Gasteiger partial charge in [0, 0.05) is 0 Å². The van der Waals surface area contributed by atoms with Gasteiger partial charge < -0.3 is 5.11 Å². The van der Waals surface area contributed by atoms with Gasteiger partial charge in [-0.15, -0.1) is 0 Å². The van der Waals surface area contributed by atoms with Crippen molar-refractivity contribution in [3.8, 4) is 16.9 Å². The lowest BCUT2D eigenvalue weighted by Gasteiger charge is -2.21. The Kier molecular flexibility index (Phi) is 3.16.